The van der Waals surface area contributed by atoms with Gasteiger partial charge in [0, 0.05) is 29.7 Å². The van der Waals surface area contributed by atoms with Gasteiger partial charge in [-0.05, 0) is 35.8 Å². The standard InChI is InChI=1S/C22H26N8/c1-4-7-19-24-21(15(3)5-2)27-30(19)14-16-9-11-17(12-10-16)20-18(8-6-13-23-20)22-25-28-29-26-22/h6,8-13,15H,4-5,7,14H2,1-3H3,(H,25,26,28,29). The van der Waals surface area contributed by atoms with Crippen molar-refractivity contribution in [2.45, 2.75) is 52.5 Å². The zero-order valence-electron chi connectivity index (χ0n) is 17.6. The summed E-state index contributed by atoms with van der Waals surface area (Å²) in [6, 6.07) is 12.2. The summed E-state index contributed by atoms with van der Waals surface area (Å²) in [7, 11) is 0. The van der Waals surface area contributed by atoms with E-state index >= 15 is 0 Å². The summed E-state index contributed by atoms with van der Waals surface area (Å²) in [6.45, 7) is 7.23. The van der Waals surface area contributed by atoms with Crippen molar-refractivity contribution in [3.8, 4) is 22.6 Å². The van der Waals surface area contributed by atoms with Gasteiger partial charge in [0.1, 0.15) is 5.82 Å². The molecule has 8 nitrogen and oxygen atoms in total. The Kier molecular flexibility index (Phi) is 5.92. The van der Waals surface area contributed by atoms with Crippen LogP contribution < -0.4 is 0 Å². The Morgan fingerprint density at radius 1 is 1.10 bits per heavy atom. The van der Waals surface area contributed by atoms with E-state index in [0.717, 1.165) is 47.7 Å². The number of aromatic amines is 1. The van der Waals surface area contributed by atoms with E-state index in [9.17, 15) is 0 Å². The number of hydrogen-bond donors (Lipinski definition) is 1. The average molecular weight is 403 g/mol. The van der Waals surface area contributed by atoms with Crippen LogP contribution in [0.4, 0.5) is 0 Å². The molecule has 1 aromatic carbocycles. The van der Waals surface area contributed by atoms with Crippen LogP contribution in [0.25, 0.3) is 22.6 Å². The molecule has 0 radical (unpaired) electrons. The van der Waals surface area contributed by atoms with Crippen molar-refractivity contribution in [1.29, 1.82) is 0 Å². The van der Waals surface area contributed by atoms with Crippen LogP contribution in [0.2, 0.25) is 0 Å². The minimum absolute atomic E-state index is 0.372. The van der Waals surface area contributed by atoms with Crippen LogP contribution in [-0.2, 0) is 13.0 Å². The lowest BCUT2D eigenvalue weighted by atomic mass is 10.0. The molecule has 4 rings (SSSR count). The Morgan fingerprint density at radius 3 is 2.63 bits per heavy atom. The number of nitrogens with zero attached hydrogens (tertiary/aromatic N) is 7. The van der Waals surface area contributed by atoms with Crippen LogP contribution in [-0.4, -0.2) is 40.4 Å². The molecule has 30 heavy (non-hydrogen) atoms. The summed E-state index contributed by atoms with van der Waals surface area (Å²) in [5, 5.41) is 19.1. The first-order valence-corrected chi connectivity index (χ1v) is 10.4. The predicted octanol–water partition coefficient (Wildman–Crippen LogP) is 4.03. The Balaban J connectivity index is 1.59. The quantitative estimate of drug-likeness (QED) is 0.478. The molecule has 0 saturated heterocycles. The number of nitrogens with one attached hydrogen (secondary N) is 1. The molecule has 154 valence electrons. The number of hydrogen-bond acceptors (Lipinski definition) is 6. The van der Waals surface area contributed by atoms with E-state index in [4.69, 9.17) is 10.1 Å². The summed E-state index contributed by atoms with van der Waals surface area (Å²) >= 11 is 0. The number of aryl methyl sites for hydroxylation is 1. The van der Waals surface area contributed by atoms with Crippen LogP contribution in [0.1, 0.15) is 56.7 Å². The number of tetrazole rings is 1. The molecule has 0 aliphatic heterocycles. The third kappa shape index (κ3) is 4.12. The van der Waals surface area contributed by atoms with E-state index in [1.54, 1.807) is 6.20 Å². The van der Waals surface area contributed by atoms with Crippen molar-refractivity contribution in [3.05, 3.63) is 59.8 Å². The Morgan fingerprint density at radius 2 is 1.93 bits per heavy atom. The van der Waals surface area contributed by atoms with Gasteiger partial charge in [-0.2, -0.15) is 10.3 Å². The van der Waals surface area contributed by atoms with Crippen molar-refractivity contribution in [1.82, 2.24) is 40.4 Å². The zero-order chi connectivity index (χ0) is 20.9. The minimum atomic E-state index is 0.372. The molecule has 1 unspecified atom stereocenters. The number of rotatable bonds is 8. The molecular formula is C22H26N8. The summed E-state index contributed by atoms with van der Waals surface area (Å²) in [4.78, 5) is 9.33. The average Bonchev–Trinajstić information content (AvgIpc) is 3.45. The van der Waals surface area contributed by atoms with Gasteiger partial charge < -0.3 is 0 Å². The number of H-pyrrole nitrogens is 1. The highest BCUT2D eigenvalue weighted by atomic mass is 15.5. The first-order valence-electron chi connectivity index (χ1n) is 10.4. The van der Waals surface area contributed by atoms with Crippen molar-refractivity contribution in [2.24, 2.45) is 0 Å². The van der Waals surface area contributed by atoms with E-state index in [1.165, 1.54) is 5.56 Å². The second kappa shape index (κ2) is 8.94. The van der Waals surface area contributed by atoms with E-state index in [1.807, 2.05) is 16.8 Å². The molecule has 0 aliphatic rings. The van der Waals surface area contributed by atoms with Gasteiger partial charge in [0.15, 0.2) is 5.82 Å². The topological polar surface area (TPSA) is 98.1 Å². The molecule has 1 atom stereocenters. The van der Waals surface area contributed by atoms with Crippen molar-refractivity contribution >= 4 is 0 Å². The van der Waals surface area contributed by atoms with Crippen molar-refractivity contribution in [3.63, 3.8) is 0 Å². The fourth-order valence-electron chi connectivity index (χ4n) is 3.35. The largest absolute Gasteiger partial charge is 0.255 e. The zero-order valence-corrected chi connectivity index (χ0v) is 17.6. The van der Waals surface area contributed by atoms with E-state index in [2.05, 4.69) is 70.6 Å². The predicted molar refractivity (Wildman–Crippen MR) is 115 cm³/mol. The Bertz CT molecular complexity index is 1080. The Hall–Kier alpha value is -3.42. The van der Waals surface area contributed by atoms with Crippen LogP contribution >= 0.6 is 0 Å². The molecular weight excluding hydrogens is 376 g/mol. The Labute approximate surface area is 175 Å². The third-order valence-electron chi connectivity index (χ3n) is 5.25. The van der Waals surface area contributed by atoms with Crippen molar-refractivity contribution in [2.75, 3.05) is 0 Å². The van der Waals surface area contributed by atoms with Gasteiger partial charge in [-0.1, -0.05) is 45.0 Å². The van der Waals surface area contributed by atoms with Crippen LogP contribution in [0.5, 0.6) is 0 Å². The number of aromatic nitrogens is 8. The van der Waals surface area contributed by atoms with Crippen LogP contribution in [0, 0.1) is 0 Å². The molecule has 0 fully saturated rings. The van der Waals surface area contributed by atoms with Gasteiger partial charge >= 0.3 is 0 Å². The second-order valence-electron chi connectivity index (χ2n) is 7.44. The minimum Gasteiger partial charge on any atom is -0.255 e. The summed E-state index contributed by atoms with van der Waals surface area (Å²) in [6.07, 6.45) is 4.80. The summed E-state index contributed by atoms with van der Waals surface area (Å²) in [5.41, 5.74) is 3.86. The maximum absolute atomic E-state index is 4.79. The van der Waals surface area contributed by atoms with Gasteiger partial charge in [-0.15, -0.1) is 10.2 Å². The van der Waals surface area contributed by atoms with Gasteiger partial charge in [0.2, 0.25) is 5.82 Å². The molecule has 8 heteroatoms. The highest BCUT2D eigenvalue weighted by Crippen LogP contribution is 2.27. The SMILES string of the molecule is CCCc1nc(C(C)CC)nn1Cc1ccc(-c2ncccc2-c2nn[nH]n2)cc1. The first kappa shape index (κ1) is 19.9. The number of benzene rings is 1. The lowest BCUT2D eigenvalue weighted by molar-refractivity contribution is 0.609. The highest BCUT2D eigenvalue weighted by molar-refractivity contribution is 5.76. The molecule has 0 bridgehead atoms. The second-order valence-corrected chi connectivity index (χ2v) is 7.44. The molecule has 3 heterocycles. The highest BCUT2D eigenvalue weighted by Gasteiger charge is 2.15. The summed E-state index contributed by atoms with van der Waals surface area (Å²) < 4.78 is 2.05. The summed E-state index contributed by atoms with van der Waals surface area (Å²) in [5.74, 6) is 2.90. The van der Waals surface area contributed by atoms with E-state index < -0.39 is 0 Å². The van der Waals surface area contributed by atoms with Crippen molar-refractivity contribution < 1.29 is 0 Å². The molecule has 1 N–H and O–H groups in total. The van der Waals surface area contributed by atoms with E-state index in [-0.39, 0.29) is 0 Å². The van der Waals surface area contributed by atoms with Gasteiger partial charge in [-0.25, -0.2) is 9.67 Å². The molecule has 0 saturated carbocycles. The monoisotopic (exact) mass is 402 g/mol. The molecule has 4 aromatic rings. The third-order valence-corrected chi connectivity index (χ3v) is 5.25. The van der Waals surface area contributed by atoms with Gasteiger partial charge in [0.25, 0.3) is 0 Å². The normalized spacial score (nSPS) is 12.2. The molecule has 3 aromatic heterocycles. The smallest absolute Gasteiger partial charge is 0.206 e. The van der Waals surface area contributed by atoms with E-state index in [0.29, 0.717) is 18.3 Å². The fourth-order valence-corrected chi connectivity index (χ4v) is 3.35. The van der Waals surface area contributed by atoms with Gasteiger partial charge in [-0.3, -0.25) is 4.98 Å². The first-order chi connectivity index (χ1) is 14.7. The maximum atomic E-state index is 4.79. The van der Waals surface area contributed by atoms with Gasteiger partial charge in [0.05, 0.1) is 12.2 Å². The molecule has 0 spiro atoms. The molecule has 0 aliphatic carbocycles. The van der Waals surface area contributed by atoms with Crippen LogP contribution in [0.15, 0.2) is 42.6 Å². The molecule has 0 amide bonds. The lowest BCUT2D eigenvalue weighted by Crippen LogP contribution is -2.07. The maximum Gasteiger partial charge on any atom is 0.206 e. The van der Waals surface area contributed by atoms with Crippen LogP contribution in [0.3, 0.4) is 0 Å². The fraction of sp³-hybridized carbons (Fsp3) is 0.364. The lowest BCUT2D eigenvalue weighted by Gasteiger charge is -2.08. The number of pyridine rings is 1.